The number of fused-ring (bicyclic) bond motifs is 1. The summed E-state index contributed by atoms with van der Waals surface area (Å²) in [4.78, 5) is 34.5. The van der Waals surface area contributed by atoms with Gasteiger partial charge >= 0.3 is 25.7 Å². The van der Waals surface area contributed by atoms with Crippen molar-refractivity contribution >= 4 is 36.5 Å². The molecule has 1 radical (unpaired) electrons. The highest BCUT2D eigenvalue weighted by Gasteiger charge is 2.13. The van der Waals surface area contributed by atoms with Crippen molar-refractivity contribution in [1.29, 1.82) is 0 Å². The van der Waals surface area contributed by atoms with E-state index in [-0.39, 0.29) is 18.7 Å². The average Bonchev–Trinajstić information content (AvgIpc) is 2.64. The van der Waals surface area contributed by atoms with Crippen LogP contribution in [0, 0.1) is 0 Å². The fourth-order valence-corrected chi connectivity index (χ4v) is 1.96. The molecule has 0 bridgehead atoms. The Hall–Kier alpha value is -3.29. The Labute approximate surface area is 151 Å². The maximum atomic E-state index is 11.9. The number of carbonyl (C=O) groups is 3. The summed E-state index contributed by atoms with van der Waals surface area (Å²) in [7, 11) is 0.646. The zero-order valence-electron chi connectivity index (χ0n) is 14.2. The third-order valence-corrected chi connectivity index (χ3v) is 3.25. The number of rotatable bonds is 7. The lowest BCUT2D eigenvalue weighted by molar-refractivity contribution is -0.138. The van der Waals surface area contributed by atoms with Gasteiger partial charge in [0, 0.05) is 5.57 Å². The van der Waals surface area contributed by atoms with Crippen molar-refractivity contribution in [3.8, 4) is 0 Å². The van der Waals surface area contributed by atoms with Gasteiger partial charge in [-0.25, -0.2) is 14.4 Å². The van der Waals surface area contributed by atoms with Crippen molar-refractivity contribution in [2.24, 2.45) is 0 Å². The predicted octanol–water partition coefficient (Wildman–Crippen LogP) is 2.38. The van der Waals surface area contributed by atoms with Crippen LogP contribution >= 0.6 is 0 Å². The van der Waals surface area contributed by atoms with Crippen molar-refractivity contribution in [3.05, 3.63) is 60.2 Å². The number of esters is 1. The summed E-state index contributed by atoms with van der Waals surface area (Å²) in [5.41, 5.74) is 0.595. The number of ether oxygens (including phenoxy) is 1. The van der Waals surface area contributed by atoms with Gasteiger partial charge in [0.25, 0.3) is 0 Å². The Balaban J connectivity index is 1.69. The number of nitrogens with one attached hydrogen (secondary N) is 1. The lowest BCUT2D eigenvalue weighted by atomic mass is 10.1. The van der Waals surface area contributed by atoms with E-state index in [2.05, 4.69) is 16.6 Å². The Bertz CT molecular complexity index is 835. The minimum Gasteiger partial charge on any atom is -0.496 e. The average molecular weight is 354 g/mol. The molecule has 0 saturated heterocycles. The van der Waals surface area contributed by atoms with E-state index in [1.54, 1.807) is 18.2 Å². The van der Waals surface area contributed by atoms with Gasteiger partial charge < -0.3 is 19.4 Å². The standard InChI is InChI=1S/C18H17BNO6/c1-12(2)16(21)24-10-9-20-18(23)26-19-25-17(22)15-8-7-13-5-3-4-6-14(13)11-15/h3-8,11H,1,9-10H2,2H3,(H,20,23). The van der Waals surface area contributed by atoms with Crippen molar-refractivity contribution in [2.75, 3.05) is 13.2 Å². The molecule has 0 spiro atoms. The number of hydrogen-bond donors (Lipinski definition) is 1. The highest BCUT2D eigenvalue weighted by atomic mass is 16.6. The van der Waals surface area contributed by atoms with E-state index >= 15 is 0 Å². The molecule has 0 saturated carbocycles. The maximum absolute atomic E-state index is 11.9. The van der Waals surface area contributed by atoms with Crippen LogP contribution in [0.5, 0.6) is 0 Å². The van der Waals surface area contributed by atoms with E-state index in [0.717, 1.165) is 10.8 Å². The summed E-state index contributed by atoms with van der Waals surface area (Å²) in [6.45, 7) is 4.96. The smallest absolute Gasteiger partial charge is 0.496 e. The van der Waals surface area contributed by atoms with Crippen molar-refractivity contribution < 1.29 is 28.4 Å². The van der Waals surface area contributed by atoms with Gasteiger partial charge in [-0.05, 0) is 29.8 Å². The molecular formula is C18H17BNO6. The van der Waals surface area contributed by atoms with Crippen molar-refractivity contribution in [3.63, 3.8) is 0 Å². The lowest BCUT2D eigenvalue weighted by Gasteiger charge is -2.07. The molecule has 1 amide bonds. The summed E-state index contributed by atoms with van der Waals surface area (Å²) < 4.78 is 14.2. The molecule has 0 aromatic heterocycles. The van der Waals surface area contributed by atoms with Crippen LogP contribution in [0.3, 0.4) is 0 Å². The largest absolute Gasteiger partial charge is 0.663 e. The summed E-state index contributed by atoms with van der Waals surface area (Å²) in [5, 5.41) is 4.21. The van der Waals surface area contributed by atoms with Gasteiger partial charge in [0.1, 0.15) is 6.61 Å². The van der Waals surface area contributed by atoms with Crippen LogP contribution in [-0.2, 0) is 18.8 Å². The Morgan fingerprint density at radius 1 is 1.08 bits per heavy atom. The number of amides is 1. The van der Waals surface area contributed by atoms with Gasteiger partial charge in [0.2, 0.25) is 0 Å². The molecule has 8 heteroatoms. The zero-order valence-corrected chi connectivity index (χ0v) is 14.2. The van der Waals surface area contributed by atoms with Crippen LogP contribution in [0.25, 0.3) is 10.8 Å². The van der Waals surface area contributed by atoms with E-state index in [4.69, 9.17) is 9.39 Å². The molecule has 2 aromatic rings. The SMILES string of the molecule is C=C(C)C(=O)OCCNC(=O)O[B]OC(=O)c1ccc2ccccc2c1. The molecule has 0 heterocycles. The van der Waals surface area contributed by atoms with Gasteiger partial charge in [0.05, 0.1) is 12.1 Å². The summed E-state index contributed by atoms with van der Waals surface area (Å²) in [6, 6.07) is 12.7. The van der Waals surface area contributed by atoms with E-state index in [1.165, 1.54) is 6.92 Å². The summed E-state index contributed by atoms with van der Waals surface area (Å²) in [6.07, 6.45) is -0.845. The first kappa shape index (κ1) is 19.0. The summed E-state index contributed by atoms with van der Waals surface area (Å²) >= 11 is 0. The second-order valence-electron chi connectivity index (χ2n) is 5.31. The Morgan fingerprint density at radius 2 is 1.81 bits per heavy atom. The third kappa shape index (κ3) is 5.66. The first-order chi connectivity index (χ1) is 12.5. The lowest BCUT2D eigenvalue weighted by Crippen LogP contribution is -2.30. The minimum absolute atomic E-state index is 0.0301. The normalized spacial score (nSPS) is 9.88. The Morgan fingerprint density at radius 3 is 2.54 bits per heavy atom. The van der Waals surface area contributed by atoms with Gasteiger partial charge in [-0.1, -0.05) is 36.9 Å². The molecule has 0 aliphatic rings. The molecule has 0 aliphatic carbocycles. The fourth-order valence-electron chi connectivity index (χ4n) is 1.96. The molecule has 26 heavy (non-hydrogen) atoms. The van der Waals surface area contributed by atoms with Crippen molar-refractivity contribution in [2.45, 2.75) is 6.92 Å². The molecule has 7 nitrogen and oxygen atoms in total. The number of hydrogen-bond acceptors (Lipinski definition) is 6. The van der Waals surface area contributed by atoms with Gasteiger partial charge in [0.15, 0.2) is 0 Å². The zero-order chi connectivity index (χ0) is 18.9. The first-order valence-corrected chi connectivity index (χ1v) is 7.76. The second-order valence-corrected chi connectivity index (χ2v) is 5.31. The van der Waals surface area contributed by atoms with Crippen LogP contribution in [0.4, 0.5) is 4.79 Å². The van der Waals surface area contributed by atoms with E-state index in [9.17, 15) is 14.4 Å². The molecule has 0 unspecified atom stereocenters. The van der Waals surface area contributed by atoms with E-state index in [1.807, 2.05) is 24.3 Å². The number of carbonyl (C=O) groups excluding carboxylic acids is 3. The molecule has 133 valence electrons. The van der Waals surface area contributed by atoms with Gasteiger partial charge in [-0.3, -0.25) is 0 Å². The molecule has 0 aliphatic heterocycles. The molecule has 2 rings (SSSR count). The van der Waals surface area contributed by atoms with Gasteiger partial charge in [-0.2, -0.15) is 0 Å². The van der Waals surface area contributed by atoms with Crippen LogP contribution in [0.15, 0.2) is 54.6 Å². The quantitative estimate of drug-likeness (QED) is 0.355. The molecule has 0 fully saturated rings. The van der Waals surface area contributed by atoms with Crippen LogP contribution in [-0.4, -0.2) is 38.9 Å². The van der Waals surface area contributed by atoms with Crippen LogP contribution < -0.4 is 5.32 Å². The molecule has 1 N–H and O–H groups in total. The van der Waals surface area contributed by atoms with E-state index in [0.29, 0.717) is 13.2 Å². The Kier molecular flexibility index (Phi) is 6.79. The molecule has 2 aromatic carbocycles. The summed E-state index contributed by atoms with van der Waals surface area (Å²) in [5.74, 6) is -1.20. The number of benzene rings is 2. The monoisotopic (exact) mass is 354 g/mol. The minimum atomic E-state index is -0.845. The van der Waals surface area contributed by atoms with Crippen molar-refractivity contribution in [1.82, 2.24) is 5.32 Å². The third-order valence-electron chi connectivity index (χ3n) is 3.25. The highest BCUT2D eigenvalue weighted by Crippen LogP contribution is 2.16. The highest BCUT2D eigenvalue weighted by molar-refractivity contribution is 6.27. The first-order valence-electron chi connectivity index (χ1n) is 7.76. The molecular weight excluding hydrogens is 337 g/mol. The topological polar surface area (TPSA) is 90.9 Å². The second kappa shape index (κ2) is 9.26. The van der Waals surface area contributed by atoms with E-state index < -0.39 is 18.0 Å². The van der Waals surface area contributed by atoms with Crippen LogP contribution in [0.1, 0.15) is 17.3 Å². The maximum Gasteiger partial charge on any atom is 0.663 e. The fraction of sp³-hybridized carbons (Fsp3) is 0.167. The molecule has 0 atom stereocenters. The predicted molar refractivity (Wildman–Crippen MR) is 95.4 cm³/mol. The van der Waals surface area contributed by atoms with Crippen LogP contribution in [0.2, 0.25) is 0 Å². The van der Waals surface area contributed by atoms with Gasteiger partial charge in [-0.15, -0.1) is 0 Å².